The van der Waals surface area contributed by atoms with Gasteiger partial charge >= 0.3 is 0 Å². The second kappa shape index (κ2) is 6.70. The van der Waals surface area contributed by atoms with Gasteiger partial charge in [0.25, 0.3) is 0 Å². The van der Waals surface area contributed by atoms with Gasteiger partial charge in [-0.1, -0.05) is 76.4 Å². The Morgan fingerprint density at radius 3 is 1.64 bits per heavy atom. The molecule has 0 amide bonds. The van der Waals surface area contributed by atoms with Crippen LogP contribution in [0.3, 0.4) is 0 Å². The number of hydrogen-bond donors (Lipinski definition) is 0. The first kappa shape index (κ1) is 13.3. The van der Waals surface area contributed by atoms with Gasteiger partial charge in [0, 0.05) is 0 Å². The van der Waals surface area contributed by atoms with Gasteiger partial charge in [0.2, 0.25) is 0 Å². The summed E-state index contributed by atoms with van der Waals surface area (Å²) in [6.45, 7) is 8.37. The third-order valence-corrected chi connectivity index (χ3v) is 2.02. The molecule has 0 aromatic heterocycles. The lowest BCUT2D eigenvalue weighted by molar-refractivity contribution is 0.764. The molecule has 14 heavy (non-hydrogen) atoms. The van der Waals surface area contributed by atoms with E-state index in [1.165, 1.54) is 18.4 Å². The molecular formula is C13H21B. The predicted octanol–water partition coefficient (Wildman–Crippen LogP) is 3.90. The van der Waals surface area contributed by atoms with E-state index in [4.69, 9.17) is 7.85 Å². The summed E-state index contributed by atoms with van der Waals surface area (Å²) in [5.74, 6) is 0. The molecule has 0 spiro atoms. The van der Waals surface area contributed by atoms with Gasteiger partial charge in [-0.3, -0.25) is 0 Å². The molecule has 0 saturated carbocycles. The highest BCUT2D eigenvalue weighted by molar-refractivity contribution is 6.15. The first-order valence-electron chi connectivity index (χ1n) is 5.36. The maximum absolute atomic E-state index is 5.86. The second-order valence-electron chi connectivity index (χ2n) is 4.09. The molecule has 0 aliphatic heterocycles. The summed E-state index contributed by atoms with van der Waals surface area (Å²) in [6, 6.07) is 10.1. The third-order valence-electron chi connectivity index (χ3n) is 2.02. The standard InChI is InChI=1S/C9H11B.C4H10/c1-9(2,10)8-6-4-3-5-7-8;1-3-4-2/h3-7H,1-2H3;3-4H2,1-2H3. The summed E-state index contributed by atoms with van der Waals surface area (Å²) in [5.41, 5.74) is 1.18. The van der Waals surface area contributed by atoms with Crippen LogP contribution in [0.15, 0.2) is 30.3 Å². The number of rotatable bonds is 2. The first-order chi connectivity index (χ1) is 6.52. The zero-order chi connectivity index (χ0) is 11.0. The smallest absolute Gasteiger partial charge is 0.0654 e. The Hall–Kier alpha value is -0.715. The van der Waals surface area contributed by atoms with E-state index >= 15 is 0 Å². The van der Waals surface area contributed by atoms with Crippen molar-refractivity contribution in [1.82, 2.24) is 0 Å². The van der Waals surface area contributed by atoms with Crippen molar-refractivity contribution in [1.29, 1.82) is 0 Å². The second-order valence-corrected chi connectivity index (χ2v) is 4.09. The molecule has 0 atom stereocenters. The molecule has 1 rings (SSSR count). The van der Waals surface area contributed by atoms with Crippen LogP contribution in [0, 0.1) is 0 Å². The molecule has 0 saturated heterocycles. The van der Waals surface area contributed by atoms with Gasteiger partial charge in [-0.05, 0) is 5.31 Å². The molecule has 0 bridgehead atoms. The molecule has 0 heterocycles. The van der Waals surface area contributed by atoms with E-state index in [0.717, 1.165) is 0 Å². The van der Waals surface area contributed by atoms with Crippen LogP contribution >= 0.6 is 0 Å². The average Bonchev–Trinajstić information content (AvgIpc) is 2.18. The maximum Gasteiger partial charge on any atom is 0.0802 e. The van der Waals surface area contributed by atoms with Gasteiger partial charge in [-0.2, -0.15) is 0 Å². The first-order valence-corrected chi connectivity index (χ1v) is 5.36. The minimum Gasteiger partial charge on any atom is -0.0654 e. The molecule has 2 radical (unpaired) electrons. The van der Waals surface area contributed by atoms with Crippen LogP contribution in [0.5, 0.6) is 0 Å². The fourth-order valence-electron chi connectivity index (χ4n) is 0.868. The van der Waals surface area contributed by atoms with Crippen molar-refractivity contribution in [2.24, 2.45) is 0 Å². The molecule has 0 aliphatic rings. The summed E-state index contributed by atoms with van der Waals surface area (Å²) >= 11 is 0. The quantitative estimate of drug-likeness (QED) is 0.617. The molecule has 0 N–H and O–H groups in total. The fraction of sp³-hybridized carbons (Fsp3) is 0.538. The average molecular weight is 188 g/mol. The molecule has 0 nitrogen and oxygen atoms in total. The highest BCUT2D eigenvalue weighted by atomic mass is 14.1. The van der Waals surface area contributed by atoms with E-state index in [1.54, 1.807) is 0 Å². The zero-order valence-electron chi connectivity index (χ0n) is 9.88. The lowest BCUT2D eigenvalue weighted by Crippen LogP contribution is -2.15. The fourth-order valence-corrected chi connectivity index (χ4v) is 0.868. The van der Waals surface area contributed by atoms with Crippen LogP contribution in [-0.2, 0) is 5.31 Å². The Labute approximate surface area is 90.1 Å². The molecule has 1 heteroatoms. The molecule has 76 valence electrons. The predicted molar refractivity (Wildman–Crippen MR) is 65.8 cm³/mol. The monoisotopic (exact) mass is 188 g/mol. The van der Waals surface area contributed by atoms with Gasteiger partial charge in [-0.15, -0.1) is 0 Å². The summed E-state index contributed by atoms with van der Waals surface area (Å²) in [6.07, 6.45) is 2.64. The van der Waals surface area contributed by atoms with E-state index < -0.39 is 0 Å². The van der Waals surface area contributed by atoms with E-state index in [0.29, 0.717) is 0 Å². The van der Waals surface area contributed by atoms with Gasteiger partial charge in [0.15, 0.2) is 0 Å². The van der Waals surface area contributed by atoms with Crippen LogP contribution in [0.25, 0.3) is 0 Å². The minimum atomic E-state index is -0.207. The number of benzene rings is 1. The van der Waals surface area contributed by atoms with Crippen molar-refractivity contribution in [3.05, 3.63) is 35.9 Å². The van der Waals surface area contributed by atoms with Crippen molar-refractivity contribution in [2.75, 3.05) is 0 Å². The summed E-state index contributed by atoms with van der Waals surface area (Å²) in [7, 11) is 5.86. The Kier molecular flexibility index (Phi) is 6.35. The molecule has 0 unspecified atom stereocenters. The van der Waals surface area contributed by atoms with Gasteiger partial charge in [-0.25, -0.2) is 0 Å². The lowest BCUT2D eigenvalue weighted by Gasteiger charge is -2.18. The lowest BCUT2D eigenvalue weighted by atomic mass is 9.67. The van der Waals surface area contributed by atoms with Crippen LogP contribution < -0.4 is 0 Å². The van der Waals surface area contributed by atoms with Crippen molar-refractivity contribution < 1.29 is 0 Å². The van der Waals surface area contributed by atoms with Crippen molar-refractivity contribution >= 4 is 7.85 Å². The molecule has 0 aliphatic carbocycles. The Morgan fingerprint density at radius 2 is 1.43 bits per heavy atom. The van der Waals surface area contributed by atoms with E-state index in [9.17, 15) is 0 Å². The SMILES string of the molecule is CCCC.[B]C(C)(C)c1ccccc1. The maximum atomic E-state index is 5.86. The highest BCUT2D eigenvalue weighted by Gasteiger charge is 2.10. The van der Waals surface area contributed by atoms with Crippen LogP contribution in [0.4, 0.5) is 0 Å². The Bertz CT molecular complexity index is 219. The largest absolute Gasteiger partial charge is 0.0802 e. The Morgan fingerprint density at radius 1 is 1.00 bits per heavy atom. The number of hydrogen-bond acceptors (Lipinski definition) is 0. The van der Waals surface area contributed by atoms with Crippen LogP contribution in [-0.4, -0.2) is 7.85 Å². The van der Waals surface area contributed by atoms with Crippen molar-refractivity contribution in [2.45, 2.75) is 45.9 Å². The number of unbranched alkanes of at least 4 members (excludes halogenated alkanes) is 1. The summed E-state index contributed by atoms with van der Waals surface area (Å²) in [5, 5.41) is -0.207. The molecule has 1 aromatic rings. The topological polar surface area (TPSA) is 0 Å². The van der Waals surface area contributed by atoms with Gasteiger partial charge in [0.1, 0.15) is 0 Å². The van der Waals surface area contributed by atoms with E-state index in [2.05, 4.69) is 13.8 Å². The molecule has 1 aromatic carbocycles. The van der Waals surface area contributed by atoms with Crippen molar-refractivity contribution in [3.8, 4) is 0 Å². The highest BCUT2D eigenvalue weighted by Crippen LogP contribution is 2.17. The molecular weight excluding hydrogens is 167 g/mol. The summed E-state index contributed by atoms with van der Waals surface area (Å²) in [4.78, 5) is 0. The van der Waals surface area contributed by atoms with Crippen LogP contribution in [0.1, 0.15) is 46.1 Å². The summed E-state index contributed by atoms with van der Waals surface area (Å²) < 4.78 is 0. The van der Waals surface area contributed by atoms with Gasteiger partial charge < -0.3 is 0 Å². The minimum absolute atomic E-state index is 0.207. The van der Waals surface area contributed by atoms with Crippen molar-refractivity contribution in [3.63, 3.8) is 0 Å². The van der Waals surface area contributed by atoms with Crippen LogP contribution in [0.2, 0.25) is 0 Å². The van der Waals surface area contributed by atoms with E-state index in [-0.39, 0.29) is 5.31 Å². The molecule has 0 fully saturated rings. The van der Waals surface area contributed by atoms with E-state index in [1.807, 2.05) is 44.2 Å². The third kappa shape index (κ3) is 5.85. The van der Waals surface area contributed by atoms with Gasteiger partial charge in [0.05, 0.1) is 7.85 Å². The zero-order valence-corrected chi connectivity index (χ0v) is 9.88. The normalized spacial score (nSPS) is 10.3. The Balaban J connectivity index is 0.000000364.